The predicted octanol–water partition coefficient (Wildman–Crippen LogP) is 4.11. The summed E-state index contributed by atoms with van der Waals surface area (Å²) in [5.74, 6) is -0.467. The Hall–Kier alpha value is -2.60. The van der Waals surface area contributed by atoms with Crippen LogP contribution in [0.4, 0.5) is 4.39 Å². The fraction of sp³-hybridized carbons (Fsp3) is 0.364. The van der Waals surface area contributed by atoms with Gasteiger partial charge in [0.2, 0.25) is 5.91 Å². The lowest BCUT2D eigenvalue weighted by atomic mass is 10.1. The van der Waals surface area contributed by atoms with Gasteiger partial charge in [0.1, 0.15) is 17.6 Å². The van der Waals surface area contributed by atoms with Crippen molar-refractivity contribution in [3.8, 4) is 5.75 Å². The fourth-order valence-corrected chi connectivity index (χ4v) is 2.83. The number of carbonyl (C=O) groups excluding carboxylic acids is 2. The normalized spacial score (nSPS) is 11.8. The zero-order valence-electron chi connectivity index (χ0n) is 17.0. The minimum atomic E-state index is -0.717. The van der Waals surface area contributed by atoms with Crippen LogP contribution in [-0.4, -0.2) is 35.4 Å². The van der Waals surface area contributed by atoms with Gasteiger partial charge in [-0.2, -0.15) is 0 Å². The Morgan fingerprint density at radius 3 is 2.38 bits per heavy atom. The molecule has 29 heavy (non-hydrogen) atoms. The standard InChI is InChI=1S/C22H26ClFN2O3/c1-14(2)25-22(28)16(4)26(12-17-5-7-18(24)8-6-17)21(27)13-29-19-9-10-20(23)15(3)11-19/h5-11,14,16H,12-13H2,1-4H3,(H,25,28)/t16-/m1/s1. The Bertz CT molecular complexity index is 856. The summed E-state index contributed by atoms with van der Waals surface area (Å²) in [7, 11) is 0. The molecule has 0 spiro atoms. The summed E-state index contributed by atoms with van der Waals surface area (Å²) >= 11 is 6.01. The molecule has 0 fully saturated rings. The quantitative estimate of drug-likeness (QED) is 0.699. The molecule has 1 atom stereocenters. The highest BCUT2D eigenvalue weighted by atomic mass is 35.5. The van der Waals surface area contributed by atoms with Crippen molar-refractivity contribution in [1.29, 1.82) is 0 Å². The highest BCUT2D eigenvalue weighted by Gasteiger charge is 2.27. The second-order valence-electron chi connectivity index (χ2n) is 7.19. The average molecular weight is 421 g/mol. The third kappa shape index (κ3) is 6.75. The van der Waals surface area contributed by atoms with E-state index in [2.05, 4.69) is 5.32 Å². The summed E-state index contributed by atoms with van der Waals surface area (Å²) in [5, 5.41) is 3.42. The van der Waals surface area contributed by atoms with Gasteiger partial charge >= 0.3 is 0 Å². The van der Waals surface area contributed by atoms with Crippen molar-refractivity contribution in [2.24, 2.45) is 0 Å². The molecule has 2 aromatic carbocycles. The van der Waals surface area contributed by atoms with E-state index >= 15 is 0 Å². The van der Waals surface area contributed by atoms with E-state index in [0.29, 0.717) is 16.3 Å². The van der Waals surface area contributed by atoms with Crippen molar-refractivity contribution >= 4 is 23.4 Å². The molecule has 2 rings (SSSR count). The van der Waals surface area contributed by atoms with Crippen LogP contribution in [-0.2, 0) is 16.1 Å². The van der Waals surface area contributed by atoms with Crippen LogP contribution in [0.25, 0.3) is 0 Å². The Labute approximate surface area is 175 Å². The maximum Gasteiger partial charge on any atom is 0.261 e. The van der Waals surface area contributed by atoms with Gasteiger partial charge in [0, 0.05) is 17.6 Å². The van der Waals surface area contributed by atoms with E-state index in [1.165, 1.54) is 17.0 Å². The van der Waals surface area contributed by atoms with Gasteiger partial charge in [-0.3, -0.25) is 9.59 Å². The van der Waals surface area contributed by atoms with Crippen LogP contribution in [0.5, 0.6) is 5.75 Å². The van der Waals surface area contributed by atoms with E-state index in [4.69, 9.17) is 16.3 Å². The van der Waals surface area contributed by atoms with Crippen LogP contribution in [0.2, 0.25) is 5.02 Å². The maximum absolute atomic E-state index is 13.2. The van der Waals surface area contributed by atoms with E-state index in [-0.39, 0.29) is 36.8 Å². The number of nitrogens with one attached hydrogen (secondary N) is 1. The number of hydrogen-bond acceptors (Lipinski definition) is 3. The number of benzene rings is 2. The summed E-state index contributed by atoms with van der Waals surface area (Å²) in [5.41, 5.74) is 1.55. The van der Waals surface area contributed by atoms with Crippen LogP contribution < -0.4 is 10.1 Å². The lowest BCUT2D eigenvalue weighted by Crippen LogP contribution is -2.50. The molecule has 5 nitrogen and oxygen atoms in total. The summed E-state index contributed by atoms with van der Waals surface area (Å²) in [6, 6.07) is 10.2. The first-order valence-electron chi connectivity index (χ1n) is 9.40. The smallest absolute Gasteiger partial charge is 0.261 e. The first kappa shape index (κ1) is 22.7. The topological polar surface area (TPSA) is 58.6 Å². The minimum absolute atomic E-state index is 0.0546. The van der Waals surface area contributed by atoms with Crippen molar-refractivity contribution in [3.05, 3.63) is 64.4 Å². The first-order chi connectivity index (χ1) is 13.7. The molecular weight excluding hydrogens is 395 g/mol. The van der Waals surface area contributed by atoms with Crippen LogP contribution >= 0.6 is 11.6 Å². The van der Waals surface area contributed by atoms with Gasteiger partial charge in [0.15, 0.2) is 6.61 Å². The van der Waals surface area contributed by atoms with Crippen molar-refractivity contribution in [2.75, 3.05) is 6.61 Å². The van der Waals surface area contributed by atoms with Crippen molar-refractivity contribution < 1.29 is 18.7 Å². The largest absolute Gasteiger partial charge is 0.484 e. The molecule has 0 saturated carbocycles. The van der Waals surface area contributed by atoms with Gasteiger partial charge in [-0.25, -0.2) is 4.39 Å². The zero-order chi connectivity index (χ0) is 21.6. The lowest BCUT2D eigenvalue weighted by Gasteiger charge is -2.29. The summed E-state index contributed by atoms with van der Waals surface area (Å²) < 4.78 is 18.8. The maximum atomic E-state index is 13.2. The van der Waals surface area contributed by atoms with E-state index in [1.807, 2.05) is 20.8 Å². The van der Waals surface area contributed by atoms with Crippen LogP contribution in [0.3, 0.4) is 0 Å². The molecular formula is C22H26ClFN2O3. The average Bonchev–Trinajstić information content (AvgIpc) is 2.67. The van der Waals surface area contributed by atoms with Gasteiger partial charge in [-0.05, 0) is 69.2 Å². The van der Waals surface area contributed by atoms with Crippen LogP contribution in [0.1, 0.15) is 31.9 Å². The SMILES string of the molecule is Cc1cc(OCC(=O)N(Cc2ccc(F)cc2)[C@H](C)C(=O)NC(C)C)ccc1Cl. The van der Waals surface area contributed by atoms with E-state index < -0.39 is 6.04 Å². The predicted molar refractivity (Wildman–Crippen MR) is 111 cm³/mol. The van der Waals surface area contributed by atoms with E-state index in [0.717, 1.165) is 5.56 Å². The monoisotopic (exact) mass is 420 g/mol. The molecule has 0 aliphatic heterocycles. The molecule has 7 heteroatoms. The molecule has 1 N–H and O–H groups in total. The number of hydrogen-bond donors (Lipinski definition) is 1. The van der Waals surface area contributed by atoms with Crippen molar-refractivity contribution in [3.63, 3.8) is 0 Å². The second-order valence-corrected chi connectivity index (χ2v) is 7.59. The number of carbonyl (C=O) groups is 2. The Morgan fingerprint density at radius 1 is 1.14 bits per heavy atom. The number of halogens is 2. The molecule has 0 heterocycles. The highest BCUT2D eigenvalue weighted by Crippen LogP contribution is 2.21. The molecule has 0 saturated heterocycles. The molecule has 2 aromatic rings. The lowest BCUT2D eigenvalue weighted by molar-refractivity contribution is -0.142. The molecule has 0 bridgehead atoms. The van der Waals surface area contributed by atoms with Gasteiger partial charge < -0.3 is 15.0 Å². The first-order valence-corrected chi connectivity index (χ1v) is 9.78. The molecule has 0 aliphatic rings. The summed E-state index contributed by atoms with van der Waals surface area (Å²) in [4.78, 5) is 26.8. The Kier molecular flexibility index (Phi) is 8.02. The molecule has 0 radical (unpaired) electrons. The number of nitrogens with zero attached hydrogens (tertiary/aromatic N) is 1. The molecule has 2 amide bonds. The van der Waals surface area contributed by atoms with Gasteiger partial charge in [-0.15, -0.1) is 0 Å². The van der Waals surface area contributed by atoms with Gasteiger partial charge in [-0.1, -0.05) is 23.7 Å². The minimum Gasteiger partial charge on any atom is -0.484 e. The fourth-order valence-electron chi connectivity index (χ4n) is 2.71. The molecule has 156 valence electrons. The number of rotatable bonds is 8. The van der Waals surface area contributed by atoms with Crippen molar-refractivity contribution in [2.45, 2.75) is 46.3 Å². The van der Waals surface area contributed by atoms with Crippen molar-refractivity contribution in [1.82, 2.24) is 10.2 Å². The van der Waals surface area contributed by atoms with Crippen LogP contribution in [0.15, 0.2) is 42.5 Å². The van der Waals surface area contributed by atoms with Crippen LogP contribution in [0, 0.1) is 12.7 Å². The molecule has 0 unspecified atom stereocenters. The zero-order valence-corrected chi connectivity index (χ0v) is 17.8. The number of ether oxygens (including phenoxy) is 1. The summed E-state index contributed by atoms with van der Waals surface area (Å²) in [6.07, 6.45) is 0. The summed E-state index contributed by atoms with van der Waals surface area (Å²) in [6.45, 7) is 7.13. The van der Waals surface area contributed by atoms with E-state index in [9.17, 15) is 14.0 Å². The van der Waals surface area contributed by atoms with Gasteiger partial charge in [0.25, 0.3) is 5.91 Å². The number of aryl methyl sites for hydroxylation is 1. The second kappa shape index (κ2) is 10.3. The number of amides is 2. The molecule has 0 aromatic heterocycles. The van der Waals surface area contributed by atoms with Gasteiger partial charge in [0.05, 0.1) is 0 Å². The van der Waals surface area contributed by atoms with E-state index in [1.54, 1.807) is 37.3 Å². The third-order valence-electron chi connectivity index (χ3n) is 4.36. The highest BCUT2D eigenvalue weighted by molar-refractivity contribution is 6.31. The Morgan fingerprint density at radius 2 is 1.79 bits per heavy atom. The third-order valence-corrected chi connectivity index (χ3v) is 4.78. The molecule has 0 aliphatic carbocycles. The Balaban J connectivity index is 2.15.